The molecule has 5 heteroatoms. The van der Waals surface area contributed by atoms with Gasteiger partial charge in [0.15, 0.2) is 0 Å². The van der Waals surface area contributed by atoms with Crippen molar-refractivity contribution < 1.29 is 0 Å². The van der Waals surface area contributed by atoms with Crippen LogP contribution in [-0.2, 0) is 12.8 Å². The molecule has 130 valence electrons. The number of rotatable bonds is 2. The molecular formula is C20H25N5. The second-order valence-electron chi connectivity index (χ2n) is 7.55. The molecule has 0 unspecified atom stereocenters. The van der Waals surface area contributed by atoms with Gasteiger partial charge in [0.2, 0.25) is 5.95 Å². The van der Waals surface area contributed by atoms with Gasteiger partial charge in [-0.2, -0.15) is 4.98 Å². The Morgan fingerprint density at radius 1 is 0.960 bits per heavy atom. The summed E-state index contributed by atoms with van der Waals surface area (Å²) in [5.41, 5.74) is 11.1. The molecule has 2 aromatic rings. The maximum absolute atomic E-state index is 6.10. The molecule has 0 saturated carbocycles. The molecule has 25 heavy (non-hydrogen) atoms. The standard InChI is InChI=1S/C20H25N5/c21-20-22-18-16-8-2-1-6-14(16)7-5-9-17(18)19(23-20)25-12-15(13-25)24-10-3-4-11-24/h1-2,6,8,15H,3-5,7,9-13H2,(H2,21,22,23). The van der Waals surface area contributed by atoms with Crippen molar-refractivity contribution >= 4 is 11.8 Å². The second-order valence-corrected chi connectivity index (χ2v) is 7.55. The Balaban J connectivity index is 1.49. The molecule has 0 amide bonds. The lowest BCUT2D eigenvalue weighted by Gasteiger charge is -2.45. The van der Waals surface area contributed by atoms with Crippen molar-refractivity contribution in [1.29, 1.82) is 0 Å². The molecule has 2 N–H and O–H groups in total. The molecule has 2 fully saturated rings. The van der Waals surface area contributed by atoms with E-state index in [-0.39, 0.29) is 0 Å². The Morgan fingerprint density at radius 2 is 1.76 bits per heavy atom. The first-order valence-corrected chi connectivity index (χ1v) is 9.53. The summed E-state index contributed by atoms with van der Waals surface area (Å²) in [6.07, 6.45) is 5.98. The highest BCUT2D eigenvalue weighted by Crippen LogP contribution is 2.37. The van der Waals surface area contributed by atoms with Gasteiger partial charge in [-0.25, -0.2) is 4.98 Å². The number of fused-ring (bicyclic) bond motifs is 3. The summed E-state index contributed by atoms with van der Waals surface area (Å²) in [6, 6.07) is 9.30. The lowest BCUT2D eigenvalue weighted by molar-refractivity contribution is 0.204. The predicted octanol–water partition coefficient (Wildman–Crippen LogP) is 2.50. The van der Waals surface area contributed by atoms with E-state index in [2.05, 4.69) is 44.0 Å². The van der Waals surface area contributed by atoms with Crippen LogP contribution >= 0.6 is 0 Å². The highest BCUT2D eigenvalue weighted by Gasteiger charge is 2.36. The van der Waals surface area contributed by atoms with Crippen molar-refractivity contribution in [1.82, 2.24) is 14.9 Å². The monoisotopic (exact) mass is 335 g/mol. The average Bonchev–Trinajstić information content (AvgIpc) is 3.03. The summed E-state index contributed by atoms with van der Waals surface area (Å²) in [4.78, 5) is 14.3. The number of benzene rings is 1. The minimum atomic E-state index is 0.398. The van der Waals surface area contributed by atoms with Gasteiger partial charge in [-0.05, 0) is 50.8 Å². The Labute approximate surface area is 148 Å². The lowest BCUT2D eigenvalue weighted by Crippen LogP contribution is -2.59. The fourth-order valence-corrected chi connectivity index (χ4v) is 4.59. The summed E-state index contributed by atoms with van der Waals surface area (Å²) in [5, 5.41) is 0. The second kappa shape index (κ2) is 5.99. The van der Waals surface area contributed by atoms with Gasteiger partial charge >= 0.3 is 0 Å². The first kappa shape index (κ1) is 15.1. The topological polar surface area (TPSA) is 58.3 Å². The zero-order valence-corrected chi connectivity index (χ0v) is 14.6. The number of aromatic nitrogens is 2. The Bertz CT molecular complexity index is 791. The summed E-state index contributed by atoms with van der Waals surface area (Å²) in [5.74, 6) is 1.48. The van der Waals surface area contributed by atoms with Gasteiger partial charge in [-0.1, -0.05) is 24.3 Å². The molecule has 3 aliphatic rings. The van der Waals surface area contributed by atoms with Crippen molar-refractivity contribution in [2.45, 2.75) is 38.1 Å². The van der Waals surface area contributed by atoms with Gasteiger partial charge in [0.05, 0.1) is 5.69 Å². The number of hydrogen-bond acceptors (Lipinski definition) is 5. The van der Waals surface area contributed by atoms with E-state index in [4.69, 9.17) is 5.73 Å². The van der Waals surface area contributed by atoms with Crippen LogP contribution in [-0.4, -0.2) is 47.1 Å². The van der Waals surface area contributed by atoms with E-state index in [9.17, 15) is 0 Å². The van der Waals surface area contributed by atoms with Crippen LogP contribution in [0.5, 0.6) is 0 Å². The predicted molar refractivity (Wildman–Crippen MR) is 101 cm³/mol. The minimum absolute atomic E-state index is 0.398. The lowest BCUT2D eigenvalue weighted by atomic mass is 10.0. The van der Waals surface area contributed by atoms with Gasteiger partial charge in [-0.15, -0.1) is 0 Å². The first-order chi connectivity index (χ1) is 12.3. The van der Waals surface area contributed by atoms with Gasteiger partial charge in [0.25, 0.3) is 0 Å². The number of anilines is 2. The van der Waals surface area contributed by atoms with E-state index < -0.39 is 0 Å². The Kier molecular flexibility index (Phi) is 3.63. The van der Waals surface area contributed by atoms with Crippen LogP contribution in [0.4, 0.5) is 11.8 Å². The van der Waals surface area contributed by atoms with E-state index in [1.807, 2.05) is 0 Å². The molecule has 1 aliphatic carbocycles. The van der Waals surface area contributed by atoms with Crippen molar-refractivity contribution in [2.75, 3.05) is 36.8 Å². The molecule has 2 aliphatic heterocycles. The van der Waals surface area contributed by atoms with E-state index >= 15 is 0 Å². The SMILES string of the molecule is Nc1nc2c(c(N3CC(N4CCCC4)C3)n1)CCCc1ccccc1-2. The molecule has 0 bridgehead atoms. The van der Waals surface area contributed by atoms with Gasteiger partial charge in [-0.3, -0.25) is 4.90 Å². The van der Waals surface area contributed by atoms with Crippen LogP contribution < -0.4 is 10.6 Å². The van der Waals surface area contributed by atoms with E-state index in [0.717, 1.165) is 43.9 Å². The van der Waals surface area contributed by atoms with Gasteiger partial charge < -0.3 is 10.6 Å². The third-order valence-corrected chi connectivity index (χ3v) is 5.97. The number of aryl methyl sites for hydroxylation is 1. The first-order valence-electron chi connectivity index (χ1n) is 9.53. The molecular weight excluding hydrogens is 310 g/mol. The van der Waals surface area contributed by atoms with Crippen LogP contribution in [0.25, 0.3) is 11.3 Å². The highest BCUT2D eigenvalue weighted by atomic mass is 15.3. The normalized spacial score (nSPS) is 20.7. The molecule has 0 spiro atoms. The maximum atomic E-state index is 6.10. The molecule has 2 saturated heterocycles. The van der Waals surface area contributed by atoms with Crippen molar-refractivity contribution in [3.8, 4) is 11.3 Å². The molecule has 1 aromatic heterocycles. The van der Waals surface area contributed by atoms with Crippen molar-refractivity contribution in [2.24, 2.45) is 0 Å². The third kappa shape index (κ3) is 2.58. The minimum Gasteiger partial charge on any atom is -0.368 e. The molecule has 3 heterocycles. The fraction of sp³-hybridized carbons (Fsp3) is 0.500. The molecule has 0 atom stereocenters. The van der Waals surface area contributed by atoms with Crippen molar-refractivity contribution in [3.05, 3.63) is 35.4 Å². The van der Waals surface area contributed by atoms with Crippen LogP contribution in [0.1, 0.15) is 30.4 Å². The van der Waals surface area contributed by atoms with Gasteiger partial charge in [0, 0.05) is 30.3 Å². The molecule has 5 rings (SSSR count). The Morgan fingerprint density at radius 3 is 2.60 bits per heavy atom. The number of nitrogens with two attached hydrogens (primary N) is 1. The third-order valence-electron chi connectivity index (χ3n) is 5.97. The smallest absolute Gasteiger partial charge is 0.222 e. The van der Waals surface area contributed by atoms with Crippen molar-refractivity contribution in [3.63, 3.8) is 0 Å². The zero-order chi connectivity index (χ0) is 16.8. The number of nitrogen functional groups attached to an aromatic ring is 1. The van der Waals surface area contributed by atoms with Crippen LogP contribution in [0.3, 0.4) is 0 Å². The quantitative estimate of drug-likeness (QED) is 0.914. The Hall–Kier alpha value is -2.14. The van der Waals surface area contributed by atoms with E-state index in [0.29, 0.717) is 12.0 Å². The summed E-state index contributed by atoms with van der Waals surface area (Å²) >= 11 is 0. The average molecular weight is 335 g/mol. The number of hydrogen-bond donors (Lipinski definition) is 1. The van der Waals surface area contributed by atoms with E-state index in [1.165, 1.54) is 42.6 Å². The molecule has 5 nitrogen and oxygen atoms in total. The molecule has 1 aromatic carbocycles. The highest BCUT2D eigenvalue weighted by molar-refractivity contribution is 5.74. The maximum Gasteiger partial charge on any atom is 0.222 e. The van der Waals surface area contributed by atoms with Gasteiger partial charge in [0.1, 0.15) is 5.82 Å². The zero-order valence-electron chi connectivity index (χ0n) is 14.6. The summed E-state index contributed by atoms with van der Waals surface area (Å²) in [6.45, 7) is 4.67. The number of nitrogens with zero attached hydrogens (tertiary/aromatic N) is 4. The molecule has 0 radical (unpaired) electrons. The van der Waals surface area contributed by atoms with Crippen LogP contribution in [0.15, 0.2) is 24.3 Å². The largest absolute Gasteiger partial charge is 0.368 e. The van der Waals surface area contributed by atoms with Crippen LogP contribution in [0.2, 0.25) is 0 Å². The number of likely N-dealkylation sites (tertiary alicyclic amines) is 1. The fourth-order valence-electron chi connectivity index (χ4n) is 4.59. The van der Waals surface area contributed by atoms with Crippen LogP contribution in [0, 0.1) is 0 Å². The van der Waals surface area contributed by atoms with E-state index in [1.54, 1.807) is 0 Å². The summed E-state index contributed by atoms with van der Waals surface area (Å²) < 4.78 is 0. The summed E-state index contributed by atoms with van der Waals surface area (Å²) in [7, 11) is 0.